The zero-order valence-electron chi connectivity index (χ0n) is 16.7. The third-order valence-electron chi connectivity index (χ3n) is 4.28. The molecule has 5 nitrogen and oxygen atoms in total. The van der Waals surface area contributed by atoms with E-state index in [0.717, 1.165) is 14.9 Å². The molecular formula is C24H20BrNO4S. The Morgan fingerprint density at radius 3 is 2.32 bits per heavy atom. The Bertz CT molecular complexity index is 1100. The van der Waals surface area contributed by atoms with Crippen molar-refractivity contribution in [1.82, 2.24) is 5.32 Å². The minimum atomic E-state index is -1.21. The van der Waals surface area contributed by atoms with Gasteiger partial charge in [0.25, 0.3) is 0 Å². The lowest BCUT2D eigenvalue weighted by Crippen LogP contribution is -2.28. The molecule has 3 aromatic rings. The average molecular weight is 498 g/mol. The second kappa shape index (κ2) is 10.8. The minimum absolute atomic E-state index is 0.0953. The third-order valence-corrected chi connectivity index (χ3v) is 5.68. The average Bonchev–Trinajstić information content (AvgIpc) is 2.76. The van der Waals surface area contributed by atoms with Gasteiger partial charge in [-0.1, -0.05) is 36.4 Å². The van der Waals surface area contributed by atoms with E-state index in [1.807, 2.05) is 54.8 Å². The van der Waals surface area contributed by atoms with E-state index in [1.54, 1.807) is 36.0 Å². The van der Waals surface area contributed by atoms with Gasteiger partial charge in [0.2, 0.25) is 5.91 Å². The van der Waals surface area contributed by atoms with Gasteiger partial charge >= 0.3 is 5.97 Å². The number of halogens is 1. The molecule has 0 radical (unpaired) electrons. The molecule has 0 saturated heterocycles. The van der Waals surface area contributed by atoms with Gasteiger partial charge in [0, 0.05) is 4.90 Å². The summed E-state index contributed by atoms with van der Waals surface area (Å²) < 4.78 is 6.64. The van der Waals surface area contributed by atoms with E-state index in [9.17, 15) is 14.7 Å². The van der Waals surface area contributed by atoms with E-state index in [4.69, 9.17) is 4.74 Å². The molecule has 0 fully saturated rings. The molecule has 0 atom stereocenters. The minimum Gasteiger partial charge on any atom is -0.477 e. The van der Waals surface area contributed by atoms with Crippen LogP contribution >= 0.6 is 27.7 Å². The van der Waals surface area contributed by atoms with Crippen LogP contribution in [0.5, 0.6) is 11.5 Å². The van der Waals surface area contributed by atoms with Crippen LogP contribution in [-0.2, 0) is 16.0 Å². The number of carbonyl (C=O) groups excluding carboxylic acids is 1. The number of para-hydroxylation sites is 1. The van der Waals surface area contributed by atoms with Crippen LogP contribution < -0.4 is 10.1 Å². The Morgan fingerprint density at radius 2 is 1.71 bits per heavy atom. The van der Waals surface area contributed by atoms with Crippen molar-refractivity contribution in [3.8, 4) is 11.5 Å². The van der Waals surface area contributed by atoms with E-state index >= 15 is 0 Å². The fourth-order valence-electron chi connectivity index (χ4n) is 2.73. The predicted molar refractivity (Wildman–Crippen MR) is 126 cm³/mol. The second-order valence-electron chi connectivity index (χ2n) is 6.54. The Labute approximate surface area is 193 Å². The molecule has 31 heavy (non-hydrogen) atoms. The molecule has 7 heteroatoms. The van der Waals surface area contributed by atoms with Gasteiger partial charge in [-0.3, -0.25) is 4.79 Å². The summed E-state index contributed by atoms with van der Waals surface area (Å²) in [5, 5.41) is 12.0. The maximum Gasteiger partial charge on any atom is 0.352 e. The topological polar surface area (TPSA) is 75.6 Å². The highest BCUT2D eigenvalue weighted by Gasteiger charge is 2.12. The van der Waals surface area contributed by atoms with Gasteiger partial charge in [0.05, 0.1) is 10.9 Å². The molecule has 0 aromatic heterocycles. The highest BCUT2D eigenvalue weighted by molar-refractivity contribution is 9.10. The molecule has 0 bridgehead atoms. The van der Waals surface area contributed by atoms with Gasteiger partial charge in [0.1, 0.15) is 17.2 Å². The Kier molecular flexibility index (Phi) is 7.92. The molecule has 158 valence electrons. The van der Waals surface area contributed by atoms with E-state index < -0.39 is 5.97 Å². The molecule has 0 heterocycles. The fourth-order valence-corrected chi connectivity index (χ4v) is 3.50. The number of amides is 1. The lowest BCUT2D eigenvalue weighted by Gasteiger charge is -2.09. The summed E-state index contributed by atoms with van der Waals surface area (Å²) in [6.45, 7) is 0. The number of carbonyl (C=O) groups is 2. The van der Waals surface area contributed by atoms with Gasteiger partial charge in [-0.05, 0) is 75.8 Å². The first-order valence-corrected chi connectivity index (χ1v) is 11.4. The molecule has 2 N–H and O–H groups in total. The Hall–Kier alpha value is -3.03. The number of carboxylic acid groups (broad SMARTS) is 1. The Morgan fingerprint density at radius 1 is 1.03 bits per heavy atom. The van der Waals surface area contributed by atoms with Crippen LogP contribution in [0, 0.1) is 0 Å². The van der Waals surface area contributed by atoms with Gasteiger partial charge < -0.3 is 15.2 Å². The fraction of sp³-hybridized carbons (Fsp3) is 0.0833. The predicted octanol–water partition coefficient (Wildman–Crippen LogP) is 5.75. The van der Waals surface area contributed by atoms with Gasteiger partial charge in [-0.2, -0.15) is 0 Å². The zero-order valence-corrected chi connectivity index (χ0v) is 19.1. The standard InChI is InChI=1S/C24H20BrNO4S/c1-31-19-12-8-17(9-13-19)15-23(27)26-21(24(28)29)14-16-6-10-18(11-7-16)30-22-5-3-2-4-20(22)25/h2-14H,15H2,1H3,(H,26,27)(H,28,29)/b21-14+. The van der Waals surface area contributed by atoms with Crippen LogP contribution in [0.1, 0.15) is 11.1 Å². The number of hydrogen-bond acceptors (Lipinski definition) is 4. The Balaban J connectivity index is 1.67. The molecule has 0 unspecified atom stereocenters. The number of rotatable bonds is 8. The first-order valence-electron chi connectivity index (χ1n) is 9.35. The molecule has 0 saturated carbocycles. The van der Waals surface area contributed by atoms with Crippen molar-refractivity contribution in [1.29, 1.82) is 0 Å². The number of benzene rings is 3. The highest BCUT2D eigenvalue weighted by atomic mass is 79.9. The summed E-state index contributed by atoms with van der Waals surface area (Å²) in [4.78, 5) is 25.0. The van der Waals surface area contributed by atoms with Crippen LogP contribution in [0.4, 0.5) is 0 Å². The van der Waals surface area contributed by atoms with Gasteiger partial charge in [-0.25, -0.2) is 4.79 Å². The monoisotopic (exact) mass is 497 g/mol. The maximum absolute atomic E-state index is 12.3. The van der Waals surface area contributed by atoms with Gasteiger partial charge in [0.15, 0.2) is 0 Å². The largest absolute Gasteiger partial charge is 0.477 e. The smallest absolute Gasteiger partial charge is 0.352 e. The number of ether oxygens (including phenoxy) is 1. The molecular weight excluding hydrogens is 478 g/mol. The summed E-state index contributed by atoms with van der Waals surface area (Å²) in [7, 11) is 0. The molecule has 3 aromatic carbocycles. The van der Waals surface area contributed by atoms with Crippen molar-refractivity contribution in [2.45, 2.75) is 11.3 Å². The molecule has 3 rings (SSSR count). The van der Waals surface area contributed by atoms with Crippen molar-refractivity contribution in [2.75, 3.05) is 6.26 Å². The van der Waals surface area contributed by atoms with E-state index in [0.29, 0.717) is 17.1 Å². The van der Waals surface area contributed by atoms with E-state index in [2.05, 4.69) is 21.2 Å². The summed E-state index contributed by atoms with van der Waals surface area (Å²) in [5.74, 6) is -0.312. The molecule has 0 aliphatic heterocycles. The first kappa shape index (κ1) is 22.7. The van der Waals surface area contributed by atoms with Crippen LogP contribution in [0.15, 0.2) is 87.9 Å². The van der Waals surface area contributed by atoms with Crippen molar-refractivity contribution >= 4 is 45.6 Å². The molecule has 0 aliphatic carbocycles. The lowest BCUT2D eigenvalue weighted by molar-refractivity contribution is -0.134. The van der Waals surface area contributed by atoms with Crippen LogP contribution in [0.3, 0.4) is 0 Å². The molecule has 0 aliphatic rings. The second-order valence-corrected chi connectivity index (χ2v) is 8.27. The SMILES string of the molecule is CSc1ccc(CC(=O)N/C(=C/c2ccc(Oc3ccccc3Br)cc2)C(=O)O)cc1. The molecule has 0 spiro atoms. The van der Waals surface area contributed by atoms with Crippen LogP contribution in [-0.4, -0.2) is 23.2 Å². The third kappa shape index (κ3) is 6.73. The maximum atomic E-state index is 12.3. The number of thioether (sulfide) groups is 1. The summed E-state index contributed by atoms with van der Waals surface area (Å²) in [6.07, 6.45) is 3.49. The number of hydrogen-bond donors (Lipinski definition) is 2. The lowest BCUT2D eigenvalue weighted by atomic mass is 10.1. The highest BCUT2D eigenvalue weighted by Crippen LogP contribution is 2.29. The van der Waals surface area contributed by atoms with Crippen molar-refractivity contribution in [3.63, 3.8) is 0 Å². The van der Waals surface area contributed by atoms with Crippen molar-refractivity contribution < 1.29 is 19.4 Å². The number of aliphatic carboxylic acids is 1. The summed E-state index contributed by atoms with van der Waals surface area (Å²) in [6, 6.07) is 22.0. The molecule has 1 amide bonds. The zero-order chi connectivity index (χ0) is 22.2. The quantitative estimate of drug-likeness (QED) is 0.306. The van der Waals surface area contributed by atoms with Crippen molar-refractivity contribution in [2.24, 2.45) is 0 Å². The summed E-state index contributed by atoms with van der Waals surface area (Å²) in [5.41, 5.74) is 1.25. The van der Waals surface area contributed by atoms with Gasteiger partial charge in [-0.15, -0.1) is 11.8 Å². The van der Waals surface area contributed by atoms with E-state index in [-0.39, 0.29) is 18.0 Å². The normalized spacial score (nSPS) is 11.1. The van der Waals surface area contributed by atoms with Crippen LogP contribution in [0.2, 0.25) is 0 Å². The summed E-state index contributed by atoms with van der Waals surface area (Å²) >= 11 is 5.04. The van der Waals surface area contributed by atoms with Crippen LogP contribution in [0.25, 0.3) is 6.08 Å². The van der Waals surface area contributed by atoms with E-state index in [1.165, 1.54) is 6.08 Å². The first-order chi connectivity index (χ1) is 14.9. The van der Waals surface area contributed by atoms with Crippen molar-refractivity contribution in [3.05, 3.63) is 94.1 Å². The number of nitrogens with one attached hydrogen (secondary N) is 1. The number of carboxylic acids is 1.